The number of nitrogens with zero attached hydrogens (tertiary/aromatic N) is 3. The second-order valence-electron chi connectivity index (χ2n) is 5.83. The molecule has 0 saturated carbocycles. The van der Waals surface area contributed by atoms with Gasteiger partial charge in [-0.2, -0.15) is 5.06 Å². The summed E-state index contributed by atoms with van der Waals surface area (Å²) in [4.78, 5) is 30.7. The van der Waals surface area contributed by atoms with Gasteiger partial charge in [-0.15, -0.1) is 0 Å². The van der Waals surface area contributed by atoms with Gasteiger partial charge in [0.1, 0.15) is 5.92 Å². The van der Waals surface area contributed by atoms with Crippen LogP contribution in [0.2, 0.25) is 0 Å². The lowest BCUT2D eigenvalue weighted by Gasteiger charge is -2.23. The fraction of sp³-hybridized carbons (Fsp3) is 0.500. The number of rotatable bonds is 2. The lowest BCUT2D eigenvalue weighted by Crippen LogP contribution is -2.41. The zero-order valence-electron chi connectivity index (χ0n) is 13.2. The van der Waals surface area contributed by atoms with Crippen molar-refractivity contribution in [3.05, 3.63) is 34.9 Å². The number of carbonyl (C=O) groups is 2. The van der Waals surface area contributed by atoms with Crippen LogP contribution in [-0.2, 0) is 14.4 Å². The quantitative estimate of drug-likeness (QED) is 0.760. The number of carbonyl (C=O) groups excluding carboxylic acids is 2. The van der Waals surface area contributed by atoms with Gasteiger partial charge >= 0.3 is 0 Å². The molecular weight excluding hydrogens is 282 g/mol. The summed E-state index contributed by atoms with van der Waals surface area (Å²) in [6.07, 6.45) is 0. The molecule has 2 fully saturated rings. The molecule has 22 heavy (non-hydrogen) atoms. The van der Waals surface area contributed by atoms with Crippen molar-refractivity contribution in [3.8, 4) is 0 Å². The Bertz CT molecular complexity index is 591. The average Bonchev–Trinajstić information content (AvgIpc) is 2.67. The average molecular weight is 303 g/mol. The molecule has 2 saturated heterocycles. The van der Waals surface area contributed by atoms with Crippen LogP contribution in [0.4, 0.5) is 0 Å². The van der Waals surface area contributed by atoms with E-state index in [4.69, 9.17) is 4.84 Å². The summed E-state index contributed by atoms with van der Waals surface area (Å²) in [5, 5.41) is 4.92. The third-order valence-corrected chi connectivity index (χ3v) is 4.42. The number of hydrogen-bond donors (Lipinski definition) is 0. The Morgan fingerprint density at radius 2 is 1.59 bits per heavy atom. The topological polar surface area (TPSA) is 53.1 Å². The van der Waals surface area contributed by atoms with E-state index < -0.39 is 5.92 Å². The number of hydroxylamine groups is 2. The summed E-state index contributed by atoms with van der Waals surface area (Å²) < 4.78 is 0. The van der Waals surface area contributed by atoms with Crippen LogP contribution in [0, 0.1) is 13.8 Å². The van der Waals surface area contributed by atoms with Gasteiger partial charge in [0, 0.05) is 13.1 Å². The molecule has 0 unspecified atom stereocenters. The Morgan fingerprint density at radius 1 is 1.00 bits per heavy atom. The Kier molecular flexibility index (Phi) is 3.88. The number of hydrazine groups is 1. The molecule has 6 nitrogen and oxygen atoms in total. The highest BCUT2D eigenvalue weighted by Gasteiger charge is 2.47. The number of aryl methyl sites for hydroxylation is 2. The number of fused-ring (bicyclic) bond motifs is 1. The molecule has 0 aromatic heterocycles. The van der Waals surface area contributed by atoms with Crippen molar-refractivity contribution >= 4 is 11.8 Å². The molecule has 3 rings (SSSR count). The third-order valence-electron chi connectivity index (χ3n) is 4.42. The van der Waals surface area contributed by atoms with E-state index in [9.17, 15) is 9.59 Å². The summed E-state index contributed by atoms with van der Waals surface area (Å²) in [5.41, 5.74) is 2.87. The minimum atomic E-state index is -0.700. The van der Waals surface area contributed by atoms with E-state index in [-0.39, 0.29) is 11.8 Å². The number of benzene rings is 1. The van der Waals surface area contributed by atoms with Crippen LogP contribution in [0.5, 0.6) is 0 Å². The SMILES string of the molecule is CON1CCN2C(=O)C(c3cc(C)ccc3C)C(=O)N2CC1. The van der Waals surface area contributed by atoms with E-state index in [1.165, 1.54) is 0 Å². The molecule has 2 heterocycles. The number of hydrogen-bond acceptors (Lipinski definition) is 4. The van der Waals surface area contributed by atoms with Crippen molar-refractivity contribution in [3.63, 3.8) is 0 Å². The molecule has 0 radical (unpaired) electrons. The molecule has 2 aliphatic rings. The molecule has 0 N–H and O–H groups in total. The van der Waals surface area contributed by atoms with E-state index in [1.54, 1.807) is 22.2 Å². The number of amides is 2. The van der Waals surface area contributed by atoms with Gasteiger partial charge in [-0.05, 0) is 25.0 Å². The van der Waals surface area contributed by atoms with Gasteiger partial charge in [0.15, 0.2) is 0 Å². The van der Waals surface area contributed by atoms with Crippen LogP contribution < -0.4 is 0 Å². The standard InChI is InChI=1S/C16H21N3O3/c1-11-4-5-12(2)13(10-11)14-15(20)18-8-6-17(22-3)7-9-19(18)16(14)21/h4-5,10,14H,6-9H2,1-3H3. The van der Waals surface area contributed by atoms with Crippen LogP contribution in [0.1, 0.15) is 22.6 Å². The second kappa shape index (κ2) is 5.70. The molecule has 0 aliphatic carbocycles. The first kappa shape index (κ1) is 15.0. The van der Waals surface area contributed by atoms with E-state index in [0.717, 1.165) is 16.7 Å². The maximum absolute atomic E-state index is 12.8. The van der Waals surface area contributed by atoms with Gasteiger partial charge in [0.25, 0.3) is 11.8 Å². The molecule has 1 aromatic rings. The smallest absolute Gasteiger partial charge is 0.258 e. The molecule has 0 bridgehead atoms. The monoisotopic (exact) mass is 303 g/mol. The molecule has 0 spiro atoms. The van der Waals surface area contributed by atoms with E-state index >= 15 is 0 Å². The van der Waals surface area contributed by atoms with Crippen molar-refractivity contribution in [2.75, 3.05) is 33.3 Å². The molecule has 0 atom stereocenters. The van der Waals surface area contributed by atoms with Gasteiger partial charge in [0.2, 0.25) is 0 Å². The van der Waals surface area contributed by atoms with Crippen LogP contribution in [0.25, 0.3) is 0 Å². The van der Waals surface area contributed by atoms with E-state index in [2.05, 4.69) is 0 Å². The van der Waals surface area contributed by atoms with Gasteiger partial charge in [0.05, 0.1) is 20.2 Å². The lowest BCUT2D eigenvalue weighted by atomic mass is 9.92. The predicted molar refractivity (Wildman–Crippen MR) is 80.7 cm³/mol. The van der Waals surface area contributed by atoms with Gasteiger partial charge in [-0.3, -0.25) is 9.59 Å². The predicted octanol–water partition coefficient (Wildman–Crippen LogP) is 0.850. The molecule has 1 aromatic carbocycles. The Balaban J connectivity index is 1.92. The van der Waals surface area contributed by atoms with Crippen molar-refractivity contribution in [2.45, 2.75) is 19.8 Å². The Labute approximate surface area is 130 Å². The van der Waals surface area contributed by atoms with Crippen molar-refractivity contribution in [2.24, 2.45) is 0 Å². The summed E-state index contributed by atoms with van der Waals surface area (Å²) in [5.74, 6) is -0.956. The van der Waals surface area contributed by atoms with Crippen LogP contribution in [0.3, 0.4) is 0 Å². The summed E-state index contributed by atoms with van der Waals surface area (Å²) in [6.45, 7) is 6.07. The fourth-order valence-corrected chi connectivity index (χ4v) is 3.15. The van der Waals surface area contributed by atoms with Gasteiger partial charge in [-0.25, -0.2) is 10.0 Å². The van der Waals surface area contributed by atoms with Crippen molar-refractivity contribution in [1.82, 2.24) is 15.1 Å². The fourth-order valence-electron chi connectivity index (χ4n) is 3.15. The highest BCUT2D eigenvalue weighted by molar-refractivity contribution is 6.10. The van der Waals surface area contributed by atoms with E-state index in [0.29, 0.717) is 26.2 Å². The third kappa shape index (κ3) is 2.38. The first-order valence-electron chi connectivity index (χ1n) is 7.52. The van der Waals surface area contributed by atoms with Crippen LogP contribution in [-0.4, -0.2) is 60.2 Å². The van der Waals surface area contributed by atoms with Gasteiger partial charge in [-0.1, -0.05) is 23.8 Å². The summed E-state index contributed by atoms with van der Waals surface area (Å²) in [7, 11) is 1.61. The maximum Gasteiger partial charge on any atom is 0.258 e. The highest BCUT2D eigenvalue weighted by atomic mass is 16.7. The minimum absolute atomic E-state index is 0.128. The second-order valence-corrected chi connectivity index (χ2v) is 5.83. The zero-order chi connectivity index (χ0) is 15.9. The first-order chi connectivity index (χ1) is 10.5. The van der Waals surface area contributed by atoms with Gasteiger partial charge < -0.3 is 4.84 Å². The Hall–Kier alpha value is -1.92. The maximum atomic E-state index is 12.8. The lowest BCUT2D eigenvalue weighted by molar-refractivity contribution is -0.145. The first-order valence-corrected chi connectivity index (χ1v) is 7.52. The normalized spacial score (nSPS) is 20.5. The summed E-state index contributed by atoms with van der Waals surface area (Å²) >= 11 is 0. The van der Waals surface area contributed by atoms with E-state index in [1.807, 2.05) is 32.0 Å². The highest BCUT2D eigenvalue weighted by Crippen LogP contribution is 2.32. The molecule has 2 aliphatic heterocycles. The molecule has 2 amide bonds. The summed E-state index contributed by atoms with van der Waals surface area (Å²) in [6, 6.07) is 5.92. The molecule has 6 heteroatoms. The molecule has 118 valence electrons. The Morgan fingerprint density at radius 3 is 2.14 bits per heavy atom. The van der Waals surface area contributed by atoms with Crippen molar-refractivity contribution < 1.29 is 14.4 Å². The largest absolute Gasteiger partial charge is 0.302 e. The van der Waals surface area contributed by atoms with Crippen LogP contribution in [0.15, 0.2) is 18.2 Å². The zero-order valence-corrected chi connectivity index (χ0v) is 13.2. The van der Waals surface area contributed by atoms with Crippen LogP contribution >= 0.6 is 0 Å². The minimum Gasteiger partial charge on any atom is -0.302 e. The van der Waals surface area contributed by atoms with Crippen molar-refractivity contribution in [1.29, 1.82) is 0 Å². The molecular formula is C16H21N3O3.